The number of phosphoric acid groups is 1. The van der Waals surface area contributed by atoms with Crippen LogP contribution in [0.25, 0.3) is 0 Å². The lowest BCUT2D eigenvalue weighted by molar-refractivity contribution is -0.161. The first-order chi connectivity index (χ1) is 25.1. The van der Waals surface area contributed by atoms with Gasteiger partial charge in [0, 0.05) is 12.8 Å². The smallest absolute Gasteiger partial charge is 0.472 e. The molecule has 0 aromatic rings. The van der Waals surface area contributed by atoms with Crippen LogP contribution in [0.4, 0.5) is 0 Å². The van der Waals surface area contributed by atoms with Gasteiger partial charge in [-0.25, -0.2) is 4.57 Å². The molecule has 0 heterocycles. The van der Waals surface area contributed by atoms with Crippen LogP contribution in [0.5, 0.6) is 0 Å². The number of aliphatic carboxylic acids is 1. The van der Waals surface area contributed by atoms with E-state index in [0.717, 1.165) is 57.8 Å². The van der Waals surface area contributed by atoms with Gasteiger partial charge in [0.2, 0.25) is 0 Å². The molecule has 0 saturated carbocycles. The molecule has 0 aliphatic carbocycles. The third-order valence-electron chi connectivity index (χ3n) is 9.01. The van der Waals surface area contributed by atoms with Gasteiger partial charge in [0.1, 0.15) is 12.6 Å². The number of carbonyl (C=O) groups is 3. The molecule has 0 bridgehead atoms. The zero-order chi connectivity index (χ0) is 38.5. The summed E-state index contributed by atoms with van der Waals surface area (Å²) < 4.78 is 32.6. The summed E-state index contributed by atoms with van der Waals surface area (Å²) in [5.74, 6) is -2.38. The van der Waals surface area contributed by atoms with Gasteiger partial charge in [0.25, 0.3) is 0 Å². The highest BCUT2D eigenvalue weighted by atomic mass is 31.2. The largest absolute Gasteiger partial charge is 0.480 e. The van der Waals surface area contributed by atoms with E-state index in [2.05, 4.69) is 30.5 Å². The highest BCUT2D eigenvalue weighted by Gasteiger charge is 2.28. The van der Waals surface area contributed by atoms with Crippen molar-refractivity contribution < 1.29 is 47.5 Å². The number of allylic oxidation sites excluding steroid dienone is 2. The molecule has 0 saturated heterocycles. The van der Waals surface area contributed by atoms with Crippen molar-refractivity contribution in [2.75, 3.05) is 19.8 Å². The van der Waals surface area contributed by atoms with Crippen molar-refractivity contribution in [2.24, 2.45) is 5.73 Å². The maximum atomic E-state index is 12.6. The van der Waals surface area contributed by atoms with Crippen LogP contribution in [-0.4, -0.2) is 59.9 Å². The van der Waals surface area contributed by atoms with E-state index in [4.69, 9.17) is 24.8 Å². The fraction of sp³-hybridized carbons (Fsp3) is 0.875. The molecule has 0 radical (unpaired) electrons. The predicted molar refractivity (Wildman–Crippen MR) is 208 cm³/mol. The number of nitrogens with two attached hydrogens (primary N) is 1. The molecule has 3 atom stereocenters. The standard InChI is InChI=1S/C40H76NO10P/c1-3-5-7-9-11-13-15-17-18-20-22-24-26-28-30-32-39(43)51-36(34-49-52(46,47)50-35-37(41)40(44)45)33-48-38(42)31-29-27-25-23-21-19-16-14-12-10-8-6-4-2/h17-18,36-37H,3-16,19-35,41H2,1-2H3,(H,44,45)(H,46,47). The van der Waals surface area contributed by atoms with Crippen LogP contribution in [0.3, 0.4) is 0 Å². The van der Waals surface area contributed by atoms with E-state index in [-0.39, 0.29) is 19.4 Å². The Morgan fingerprint density at radius 1 is 0.577 bits per heavy atom. The molecule has 0 rings (SSSR count). The molecule has 4 N–H and O–H groups in total. The van der Waals surface area contributed by atoms with Crippen molar-refractivity contribution in [2.45, 2.75) is 206 Å². The van der Waals surface area contributed by atoms with Crippen LogP contribution in [0.15, 0.2) is 12.2 Å². The molecular formula is C40H76NO10P. The average Bonchev–Trinajstić information content (AvgIpc) is 3.12. The summed E-state index contributed by atoms with van der Waals surface area (Å²) in [4.78, 5) is 45.8. The molecule has 0 aliphatic heterocycles. The second-order valence-corrected chi connectivity index (χ2v) is 15.6. The van der Waals surface area contributed by atoms with Crippen molar-refractivity contribution >= 4 is 25.7 Å². The summed E-state index contributed by atoms with van der Waals surface area (Å²) in [7, 11) is -4.71. The van der Waals surface area contributed by atoms with Crippen molar-refractivity contribution in [3.63, 3.8) is 0 Å². The highest BCUT2D eigenvalue weighted by molar-refractivity contribution is 7.47. The number of unbranched alkanes of at least 4 members (excludes halogenated alkanes) is 23. The SMILES string of the molecule is CCCCCCCCC=CCCCCCCCC(=O)OC(COC(=O)CCCCCCCCCCCCCCC)COP(=O)(O)OCC(N)C(=O)O. The summed E-state index contributed by atoms with van der Waals surface area (Å²) in [5.41, 5.74) is 5.32. The maximum absolute atomic E-state index is 12.6. The number of rotatable bonds is 39. The van der Waals surface area contributed by atoms with Gasteiger partial charge in [0.15, 0.2) is 6.10 Å². The normalized spacial score (nSPS) is 13.9. The fourth-order valence-corrected chi connectivity index (χ4v) is 6.48. The van der Waals surface area contributed by atoms with Gasteiger partial charge in [-0.1, -0.05) is 154 Å². The summed E-state index contributed by atoms with van der Waals surface area (Å²) in [6.45, 7) is 2.79. The van der Waals surface area contributed by atoms with E-state index in [9.17, 15) is 23.8 Å². The monoisotopic (exact) mass is 762 g/mol. The molecule has 12 heteroatoms. The Morgan fingerprint density at radius 3 is 1.40 bits per heavy atom. The number of carboxylic acid groups (broad SMARTS) is 1. The van der Waals surface area contributed by atoms with Gasteiger partial charge in [-0.2, -0.15) is 0 Å². The van der Waals surface area contributed by atoms with Crippen LogP contribution in [0.2, 0.25) is 0 Å². The minimum Gasteiger partial charge on any atom is -0.480 e. The first-order valence-electron chi connectivity index (χ1n) is 20.7. The molecule has 0 aromatic heterocycles. The number of carbonyl (C=O) groups excluding carboxylic acids is 2. The number of ether oxygens (including phenoxy) is 2. The third-order valence-corrected chi connectivity index (χ3v) is 9.96. The first-order valence-corrected chi connectivity index (χ1v) is 22.2. The van der Waals surface area contributed by atoms with Gasteiger partial charge in [0.05, 0.1) is 13.2 Å². The van der Waals surface area contributed by atoms with E-state index in [1.165, 1.54) is 96.3 Å². The van der Waals surface area contributed by atoms with E-state index in [1.54, 1.807) is 0 Å². The van der Waals surface area contributed by atoms with Crippen molar-refractivity contribution in [1.82, 2.24) is 0 Å². The summed E-state index contributed by atoms with van der Waals surface area (Å²) in [5, 5.41) is 8.87. The minimum atomic E-state index is -4.71. The minimum absolute atomic E-state index is 0.155. The van der Waals surface area contributed by atoms with Gasteiger partial charge in [-0.05, 0) is 38.5 Å². The average molecular weight is 762 g/mol. The van der Waals surface area contributed by atoms with Gasteiger partial charge in [-0.3, -0.25) is 23.4 Å². The van der Waals surface area contributed by atoms with Crippen molar-refractivity contribution in [3.8, 4) is 0 Å². The zero-order valence-corrected chi connectivity index (χ0v) is 33.8. The van der Waals surface area contributed by atoms with E-state index < -0.39 is 51.1 Å². The van der Waals surface area contributed by atoms with E-state index in [0.29, 0.717) is 12.8 Å². The zero-order valence-electron chi connectivity index (χ0n) is 32.9. The Hall–Kier alpha value is -1.78. The van der Waals surface area contributed by atoms with Crippen LogP contribution in [0.1, 0.15) is 194 Å². The Bertz CT molecular complexity index is 947. The Labute approximate surface area is 316 Å². The van der Waals surface area contributed by atoms with Gasteiger partial charge < -0.3 is 25.2 Å². The second-order valence-electron chi connectivity index (χ2n) is 14.1. The highest BCUT2D eigenvalue weighted by Crippen LogP contribution is 2.43. The number of phosphoric ester groups is 1. The van der Waals surface area contributed by atoms with Crippen molar-refractivity contribution in [3.05, 3.63) is 12.2 Å². The fourth-order valence-electron chi connectivity index (χ4n) is 5.71. The van der Waals surface area contributed by atoms with Gasteiger partial charge >= 0.3 is 25.7 Å². The van der Waals surface area contributed by atoms with Crippen molar-refractivity contribution in [1.29, 1.82) is 0 Å². The lowest BCUT2D eigenvalue weighted by atomic mass is 10.0. The molecule has 11 nitrogen and oxygen atoms in total. The lowest BCUT2D eigenvalue weighted by Gasteiger charge is -2.20. The lowest BCUT2D eigenvalue weighted by Crippen LogP contribution is -2.34. The molecule has 0 aliphatic rings. The topological polar surface area (TPSA) is 172 Å². The molecule has 52 heavy (non-hydrogen) atoms. The number of carboxylic acids is 1. The number of hydrogen-bond donors (Lipinski definition) is 3. The number of hydrogen-bond acceptors (Lipinski definition) is 9. The maximum Gasteiger partial charge on any atom is 0.472 e. The van der Waals surface area contributed by atoms with E-state index in [1.807, 2.05) is 0 Å². The first kappa shape index (κ1) is 50.2. The summed E-state index contributed by atoms with van der Waals surface area (Å²) in [6.07, 6.45) is 34.2. The molecule has 0 amide bonds. The molecular weight excluding hydrogens is 685 g/mol. The Kier molecular flexibility index (Phi) is 35.0. The van der Waals surface area contributed by atoms with Crippen LogP contribution >= 0.6 is 7.82 Å². The quantitative estimate of drug-likeness (QED) is 0.0235. The Balaban J connectivity index is 4.39. The molecule has 0 aromatic carbocycles. The third kappa shape index (κ3) is 35.3. The van der Waals surface area contributed by atoms with E-state index >= 15 is 0 Å². The predicted octanol–water partition coefficient (Wildman–Crippen LogP) is 10.5. The van der Waals surface area contributed by atoms with Crippen LogP contribution in [-0.2, 0) is 37.5 Å². The molecule has 0 fully saturated rings. The van der Waals surface area contributed by atoms with Crippen LogP contribution in [0, 0.1) is 0 Å². The molecule has 0 spiro atoms. The number of esters is 2. The summed E-state index contributed by atoms with van der Waals surface area (Å²) >= 11 is 0. The molecule has 306 valence electrons. The van der Waals surface area contributed by atoms with Crippen LogP contribution < -0.4 is 5.73 Å². The second kappa shape index (κ2) is 36.2. The van der Waals surface area contributed by atoms with Gasteiger partial charge in [-0.15, -0.1) is 0 Å². The summed E-state index contributed by atoms with van der Waals surface area (Å²) in [6, 6.07) is -1.52. The Morgan fingerprint density at radius 2 is 0.962 bits per heavy atom. The molecule has 3 unspecified atom stereocenters.